The molecule has 0 aromatic carbocycles. The summed E-state index contributed by atoms with van der Waals surface area (Å²) in [6, 6.07) is 0. The Hall–Kier alpha value is -0.560. The van der Waals surface area contributed by atoms with Crippen molar-refractivity contribution in [3.8, 4) is 0 Å². The van der Waals surface area contributed by atoms with Gasteiger partial charge in [0.2, 0.25) is 0 Å². The maximum atomic E-state index is 9.78. The molecule has 1 fully saturated rings. The number of hydrogen-bond donors (Lipinski definition) is 1. The third kappa shape index (κ3) is 0.726. The second kappa shape index (κ2) is 2.23. The van der Waals surface area contributed by atoms with E-state index in [-0.39, 0.29) is 6.10 Å². The lowest BCUT2D eigenvalue weighted by Crippen LogP contribution is -2.32. The maximum Gasteiger partial charge on any atom is 0.0757 e. The van der Waals surface area contributed by atoms with Gasteiger partial charge in [-0.25, -0.2) is 0 Å². The molecule has 1 saturated carbocycles. The Labute approximate surface area is 72.8 Å². The zero-order valence-electron chi connectivity index (χ0n) is 7.06. The van der Waals surface area contributed by atoms with Crippen molar-refractivity contribution in [2.24, 2.45) is 23.7 Å². The highest BCUT2D eigenvalue weighted by atomic mass is 16.3. The van der Waals surface area contributed by atoms with E-state index in [9.17, 15) is 5.11 Å². The zero-order valence-corrected chi connectivity index (χ0v) is 7.06. The molecule has 5 atom stereocenters. The lowest BCUT2D eigenvalue weighted by molar-refractivity contribution is 0.0942. The van der Waals surface area contributed by atoms with Crippen molar-refractivity contribution in [3.63, 3.8) is 0 Å². The van der Waals surface area contributed by atoms with Gasteiger partial charge in [-0.1, -0.05) is 24.3 Å². The summed E-state index contributed by atoms with van der Waals surface area (Å²) >= 11 is 0. The summed E-state index contributed by atoms with van der Waals surface area (Å²) in [5.74, 6) is 2.75. The third-order valence-electron chi connectivity index (χ3n) is 3.82. The van der Waals surface area contributed by atoms with Crippen molar-refractivity contribution in [2.75, 3.05) is 0 Å². The molecule has 0 aromatic rings. The molecule has 0 unspecified atom stereocenters. The molecule has 3 aliphatic carbocycles. The molecular formula is C11H14O. The molecule has 0 saturated heterocycles. The van der Waals surface area contributed by atoms with Crippen LogP contribution >= 0.6 is 0 Å². The maximum absolute atomic E-state index is 9.78. The normalized spacial score (nSPS) is 54.6. The van der Waals surface area contributed by atoms with Crippen molar-refractivity contribution in [2.45, 2.75) is 18.9 Å². The Morgan fingerprint density at radius 2 is 1.92 bits per heavy atom. The van der Waals surface area contributed by atoms with Crippen molar-refractivity contribution in [1.29, 1.82) is 0 Å². The fraction of sp³-hybridized carbons (Fsp3) is 0.636. The zero-order chi connectivity index (χ0) is 8.13. The molecule has 0 heterocycles. The fourth-order valence-corrected chi connectivity index (χ4v) is 3.30. The summed E-state index contributed by atoms with van der Waals surface area (Å²) in [6.07, 6.45) is 11.1. The van der Waals surface area contributed by atoms with Gasteiger partial charge < -0.3 is 5.11 Å². The lowest BCUT2D eigenvalue weighted by Gasteiger charge is -2.32. The van der Waals surface area contributed by atoms with Gasteiger partial charge in [0.25, 0.3) is 0 Å². The molecular weight excluding hydrogens is 148 g/mol. The van der Waals surface area contributed by atoms with E-state index in [1.807, 2.05) is 6.08 Å². The summed E-state index contributed by atoms with van der Waals surface area (Å²) < 4.78 is 0. The summed E-state index contributed by atoms with van der Waals surface area (Å²) in [6.45, 7) is 0. The van der Waals surface area contributed by atoms with Crippen LogP contribution in [0, 0.1) is 23.7 Å². The van der Waals surface area contributed by atoms with E-state index in [0.29, 0.717) is 11.8 Å². The summed E-state index contributed by atoms with van der Waals surface area (Å²) in [5.41, 5.74) is 0. The predicted octanol–water partition coefficient (Wildman–Crippen LogP) is 1.75. The molecule has 3 rings (SSSR count). The van der Waals surface area contributed by atoms with Crippen molar-refractivity contribution >= 4 is 0 Å². The quantitative estimate of drug-likeness (QED) is 0.538. The van der Waals surface area contributed by atoms with Gasteiger partial charge in [-0.2, -0.15) is 0 Å². The molecule has 1 nitrogen and oxygen atoms in total. The molecule has 0 radical (unpaired) electrons. The highest BCUT2D eigenvalue weighted by Gasteiger charge is 2.47. The minimum atomic E-state index is -0.163. The molecule has 64 valence electrons. The standard InChI is InChI=1S/C11H14O/c12-10-3-1-2-9-7-4-5-8(6-7)11(9)10/h1,3-5,7-12H,2,6H2/t7-,8+,9-,10-,11+/m1/s1. The van der Waals surface area contributed by atoms with E-state index in [1.54, 1.807) is 0 Å². The van der Waals surface area contributed by atoms with E-state index in [4.69, 9.17) is 0 Å². The topological polar surface area (TPSA) is 20.2 Å². The molecule has 1 N–H and O–H groups in total. The van der Waals surface area contributed by atoms with E-state index in [0.717, 1.165) is 11.8 Å². The van der Waals surface area contributed by atoms with E-state index in [2.05, 4.69) is 18.2 Å². The SMILES string of the molecule is O[C@@H]1C=CC[C@H]2[C@@H]1[C@H]1C=C[C@@H]2C1. The van der Waals surface area contributed by atoms with Crippen LogP contribution in [0.15, 0.2) is 24.3 Å². The van der Waals surface area contributed by atoms with Gasteiger partial charge in [0.05, 0.1) is 6.10 Å². The van der Waals surface area contributed by atoms with Gasteiger partial charge in [-0.05, 0) is 36.5 Å². The average molecular weight is 162 g/mol. The van der Waals surface area contributed by atoms with Gasteiger partial charge in [-0.3, -0.25) is 0 Å². The van der Waals surface area contributed by atoms with Crippen LogP contribution in [0.3, 0.4) is 0 Å². The van der Waals surface area contributed by atoms with E-state index < -0.39 is 0 Å². The second-order valence-corrected chi connectivity index (χ2v) is 4.34. The van der Waals surface area contributed by atoms with E-state index in [1.165, 1.54) is 12.8 Å². The molecule has 0 aliphatic heterocycles. The Morgan fingerprint density at radius 3 is 2.75 bits per heavy atom. The van der Waals surface area contributed by atoms with Gasteiger partial charge >= 0.3 is 0 Å². The Morgan fingerprint density at radius 1 is 1.08 bits per heavy atom. The first-order valence-electron chi connectivity index (χ1n) is 4.89. The number of aliphatic hydroxyl groups excluding tert-OH is 1. The number of fused-ring (bicyclic) bond motifs is 5. The van der Waals surface area contributed by atoms with Crippen LogP contribution in [0.1, 0.15) is 12.8 Å². The lowest BCUT2D eigenvalue weighted by atomic mass is 9.75. The summed E-state index contributed by atoms with van der Waals surface area (Å²) in [4.78, 5) is 0. The second-order valence-electron chi connectivity index (χ2n) is 4.34. The summed E-state index contributed by atoms with van der Waals surface area (Å²) in [5, 5.41) is 9.78. The third-order valence-corrected chi connectivity index (χ3v) is 3.82. The van der Waals surface area contributed by atoms with E-state index >= 15 is 0 Å². The van der Waals surface area contributed by atoms with Crippen LogP contribution in [-0.2, 0) is 0 Å². The Balaban J connectivity index is 1.97. The molecule has 2 bridgehead atoms. The number of hydrogen-bond acceptors (Lipinski definition) is 1. The first kappa shape index (κ1) is 6.90. The minimum Gasteiger partial charge on any atom is -0.389 e. The van der Waals surface area contributed by atoms with Crippen LogP contribution in [0.4, 0.5) is 0 Å². The number of aliphatic hydroxyl groups is 1. The van der Waals surface area contributed by atoms with Crippen molar-refractivity contribution in [3.05, 3.63) is 24.3 Å². The predicted molar refractivity (Wildman–Crippen MR) is 47.5 cm³/mol. The average Bonchev–Trinajstić information content (AvgIpc) is 2.64. The van der Waals surface area contributed by atoms with Gasteiger partial charge in [0.1, 0.15) is 0 Å². The minimum absolute atomic E-state index is 0.163. The monoisotopic (exact) mass is 162 g/mol. The highest BCUT2D eigenvalue weighted by molar-refractivity contribution is 5.19. The van der Waals surface area contributed by atoms with Gasteiger partial charge in [0.15, 0.2) is 0 Å². The number of allylic oxidation sites excluding steroid dienone is 3. The largest absolute Gasteiger partial charge is 0.389 e. The molecule has 0 amide bonds. The Bertz CT molecular complexity index is 254. The van der Waals surface area contributed by atoms with Crippen molar-refractivity contribution in [1.82, 2.24) is 0 Å². The van der Waals surface area contributed by atoms with Crippen LogP contribution in [0.2, 0.25) is 0 Å². The van der Waals surface area contributed by atoms with Crippen LogP contribution in [0.5, 0.6) is 0 Å². The smallest absolute Gasteiger partial charge is 0.0757 e. The van der Waals surface area contributed by atoms with Gasteiger partial charge in [0, 0.05) is 0 Å². The van der Waals surface area contributed by atoms with Crippen LogP contribution < -0.4 is 0 Å². The molecule has 1 heteroatoms. The first-order valence-corrected chi connectivity index (χ1v) is 4.89. The molecule has 0 aromatic heterocycles. The first-order chi connectivity index (χ1) is 5.86. The van der Waals surface area contributed by atoms with Crippen LogP contribution in [0.25, 0.3) is 0 Å². The Kier molecular flexibility index (Phi) is 1.28. The number of rotatable bonds is 0. The van der Waals surface area contributed by atoms with Gasteiger partial charge in [-0.15, -0.1) is 0 Å². The van der Waals surface area contributed by atoms with Crippen LogP contribution in [-0.4, -0.2) is 11.2 Å². The fourth-order valence-electron chi connectivity index (χ4n) is 3.30. The van der Waals surface area contributed by atoms with Crippen molar-refractivity contribution < 1.29 is 5.11 Å². The molecule has 12 heavy (non-hydrogen) atoms. The highest BCUT2D eigenvalue weighted by Crippen LogP contribution is 2.52. The summed E-state index contributed by atoms with van der Waals surface area (Å²) in [7, 11) is 0. The molecule has 0 spiro atoms. The molecule has 3 aliphatic rings.